The van der Waals surface area contributed by atoms with Crippen LogP contribution in [0.2, 0.25) is 0 Å². The molecule has 0 saturated carbocycles. The fourth-order valence-corrected chi connectivity index (χ4v) is 1.75. The number of carbonyl (C=O) groups is 2. The minimum atomic E-state index is -0.833. The van der Waals surface area contributed by atoms with Crippen molar-refractivity contribution in [2.45, 2.75) is 33.1 Å². The molecule has 4 nitrogen and oxygen atoms in total. The van der Waals surface area contributed by atoms with E-state index < -0.39 is 11.9 Å². The van der Waals surface area contributed by atoms with Crippen LogP contribution >= 0.6 is 0 Å². The van der Waals surface area contributed by atoms with Crippen molar-refractivity contribution < 1.29 is 14.7 Å². The van der Waals surface area contributed by atoms with E-state index in [-0.39, 0.29) is 12.3 Å². The lowest BCUT2D eigenvalue weighted by Crippen LogP contribution is -2.17. The summed E-state index contributed by atoms with van der Waals surface area (Å²) in [4.78, 5) is 22.5. The molecule has 1 atom stereocenters. The lowest BCUT2D eigenvalue weighted by atomic mass is 10.0. The maximum Gasteiger partial charge on any atom is 0.306 e. The molecule has 1 unspecified atom stereocenters. The van der Waals surface area contributed by atoms with Gasteiger partial charge in [0, 0.05) is 12.1 Å². The highest BCUT2D eigenvalue weighted by Gasteiger charge is 2.16. The minimum absolute atomic E-state index is 0.139. The third-order valence-corrected chi connectivity index (χ3v) is 2.86. The summed E-state index contributed by atoms with van der Waals surface area (Å²) in [5.41, 5.74) is 1.83. The average Bonchev–Trinajstić information content (AvgIpc) is 2.29. The van der Waals surface area contributed by atoms with Crippen molar-refractivity contribution in [2.75, 3.05) is 5.32 Å². The minimum Gasteiger partial charge on any atom is -0.481 e. The Kier molecular flexibility index (Phi) is 5.36. The van der Waals surface area contributed by atoms with Crippen LogP contribution in [0.4, 0.5) is 5.69 Å². The van der Waals surface area contributed by atoms with Crippen molar-refractivity contribution in [1.82, 2.24) is 0 Å². The van der Waals surface area contributed by atoms with E-state index in [9.17, 15) is 9.59 Å². The highest BCUT2D eigenvalue weighted by atomic mass is 16.4. The van der Waals surface area contributed by atoms with Crippen LogP contribution in [-0.2, 0) is 9.59 Å². The molecule has 0 heterocycles. The van der Waals surface area contributed by atoms with Crippen LogP contribution in [0.3, 0.4) is 0 Å². The molecule has 0 aliphatic carbocycles. The number of aliphatic carboxylic acids is 1. The molecule has 0 aromatic heterocycles. The van der Waals surface area contributed by atoms with Crippen LogP contribution < -0.4 is 5.32 Å². The molecule has 0 saturated heterocycles. The standard InChI is InChI=1S/C14H19NO3/c1-3-11(14(17)18)7-8-13(16)15-12-6-4-5-10(2)9-12/h4-6,9,11H,3,7-8H2,1-2H3,(H,15,16)(H,17,18). The zero-order chi connectivity index (χ0) is 13.5. The van der Waals surface area contributed by atoms with Gasteiger partial charge in [0.25, 0.3) is 0 Å². The summed E-state index contributed by atoms with van der Waals surface area (Å²) >= 11 is 0. The van der Waals surface area contributed by atoms with Crippen molar-refractivity contribution in [3.8, 4) is 0 Å². The number of anilines is 1. The first kappa shape index (κ1) is 14.2. The van der Waals surface area contributed by atoms with Gasteiger partial charge in [0.15, 0.2) is 0 Å². The van der Waals surface area contributed by atoms with E-state index in [1.165, 1.54) is 0 Å². The van der Waals surface area contributed by atoms with Gasteiger partial charge in [-0.1, -0.05) is 19.1 Å². The summed E-state index contributed by atoms with van der Waals surface area (Å²) in [7, 11) is 0. The Balaban J connectivity index is 2.45. The van der Waals surface area contributed by atoms with Gasteiger partial charge in [0.1, 0.15) is 0 Å². The first-order valence-corrected chi connectivity index (χ1v) is 6.12. The second kappa shape index (κ2) is 6.79. The monoisotopic (exact) mass is 249 g/mol. The maximum atomic E-state index is 11.7. The quantitative estimate of drug-likeness (QED) is 0.814. The Hall–Kier alpha value is -1.84. The van der Waals surface area contributed by atoms with Crippen molar-refractivity contribution in [1.29, 1.82) is 0 Å². The number of carboxylic acid groups (broad SMARTS) is 1. The summed E-state index contributed by atoms with van der Waals surface area (Å²) < 4.78 is 0. The Morgan fingerprint density at radius 2 is 2.11 bits per heavy atom. The Labute approximate surface area is 107 Å². The van der Waals surface area contributed by atoms with Gasteiger partial charge in [-0.25, -0.2) is 0 Å². The Bertz CT molecular complexity index is 429. The molecule has 0 bridgehead atoms. The number of carboxylic acids is 1. The third-order valence-electron chi connectivity index (χ3n) is 2.86. The summed E-state index contributed by atoms with van der Waals surface area (Å²) in [5.74, 6) is -1.41. The molecule has 98 valence electrons. The summed E-state index contributed by atoms with van der Waals surface area (Å²) in [6.07, 6.45) is 1.16. The number of hydrogen-bond acceptors (Lipinski definition) is 2. The van der Waals surface area contributed by atoms with Crippen LogP contribution in [0.5, 0.6) is 0 Å². The van der Waals surface area contributed by atoms with Gasteiger partial charge < -0.3 is 10.4 Å². The molecular weight excluding hydrogens is 230 g/mol. The molecule has 1 aromatic rings. The van der Waals surface area contributed by atoms with Gasteiger partial charge in [-0.2, -0.15) is 0 Å². The first-order chi connectivity index (χ1) is 8.52. The molecule has 0 fully saturated rings. The Morgan fingerprint density at radius 3 is 2.67 bits per heavy atom. The van der Waals surface area contributed by atoms with Gasteiger partial charge >= 0.3 is 5.97 Å². The fourth-order valence-electron chi connectivity index (χ4n) is 1.75. The van der Waals surface area contributed by atoms with E-state index >= 15 is 0 Å². The highest BCUT2D eigenvalue weighted by Crippen LogP contribution is 2.14. The number of nitrogens with one attached hydrogen (secondary N) is 1. The molecule has 0 spiro atoms. The molecule has 0 radical (unpaired) electrons. The van der Waals surface area contributed by atoms with Crippen LogP contribution in [0.15, 0.2) is 24.3 Å². The second-order valence-electron chi connectivity index (χ2n) is 4.40. The smallest absolute Gasteiger partial charge is 0.306 e. The molecular formula is C14H19NO3. The maximum absolute atomic E-state index is 11.7. The lowest BCUT2D eigenvalue weighted by Gasteiger charge is -2.10. The van der Waals surface area contributed by atoms with Crippen LogP contribution in [0, 0.1) is 12.8 Å². The van der Waals surface area contributed by atoms with Crippen molar-refractivity contribution in [3.05, 3.63) is 29.8 Å². The van der Waals surface area contributed by atoms with E-state index in [2.05, 4.69) is 5.32 Å². The van der Waals surface area contributed by atoms with Crippen molar-refractivity contribution >= 4 is 17.6 Å². The highest BCUT2D eigenvalue weighted by molar-refractivity contribution is 5.91. The molecule has 1 aromatic carbocycles. The van der Waals surface area contributed by atoms with E-state index in [0.29, 0.717) is 12.8 Å². The Morgan fingerprint density at radius 1 is 1.39 bits per heavy atom. The molecule has 0 aliphatic rings. The van der Waals surface area contributed by atoms with Gasteiger partial charge in [-0.15, -0.1) is 0 Å². The summed E-state index contributed by atoms with van der Waals surface area (Å²) in [5, 5.41) is 11.6. The molecule has 1 rings (SSSR count). The lowest BCUT2D eigenvalue weighted by molar-refractivity contribution is -0.142. The number of aryl methyl sites for hydroxylation is 1. The number of amides is 1. The molecule has 4 heteroatoms. The fraction of sp³-hybridized carbons (Fsp3) is 0.429. The second-order valence-corrected chi connectivity index (χ2v) is 4.40. The number of benzene rings is 1. The van der Waals surface area contributed by atoms with E-state index in [4.69, 9.17) is 5.11 Å². The van der Waals surface area contributed by atoms with Gasteiger partial charge in [-0.3, -0.25) is 9.59 Å². The SMILES string of the molecule is CCC(CCC(=O)Nc1cccc(C)c1)C(=O)O. The van der Waals surface area contributed by atoms with E-state index in [1.807, 2.05) is 38.1 Å². The van der Waals surface area contributed by atoms with E-state index in [1.54, 1.807) is 0 Å². The molecule has 18 heavy (non-hydrogen) atoms. The molecule has 0 aliphatic heterocycles. The number of rotatable bonds is 6. The van der Waals surface area contributed by atoms with Crippen LogP contribution in [0.25, 0.3) is 0 Å². The topological polar surface area (TPSA) is 66.4 Å². The predicted octanol–water partition coefficient (Wildman–Crippen LogP) is 2.82. The number of hydrogen-bond donors (Lipinski definition) is 2. The third kappa shape index (κ3) is 4.57. The van der Waals surface area contributed by atoms with Crippen LogP contribution in [0.1, 0.15) is 31.7 Å². The van der Waals surface area contributed by atoms with Gasteiger partial charge in [-0.05, 0) is 37.5 Å². The molecule has 1 amide bonds. The number of carbonyl (C=O) groups excluding carboxylic acids is 1. The van der Waals surface area contributed by atoms with E-state index in [0.717, 1.165) is 11.3 Å². The average molecular weight is 249 g/mol. The largest absolute Gasteiger partial charge is 0.481 e. The first-order valence-electron chi connectivity index (χ1n) is 6.12. The summed E-state index contributed by atoms with van der Waals surface area (Å²) in [6, 6.07) is 7.52. The van der Waals surface area contributed by atoms with Gasteiger partial charge in [0.2, 0.25) is 5.91 Å². The van der Waals surface area contributed by atoms with Gasteiger partial charge in [0.05, 0.1) is 5.92 Å². The normalized spacial score (nSPS) is 11.9. The zero-order valence-corrected chi connectivity index (χ0v) is 10.8. The molecule has 2 N–H and O–H groups in total. The summed E-state index contributed by atoms with van der Waals surface area (Å²) in [6.45, 7) is 3.77. The van der Waals surface area contributed by atoms with Crippen LogP contribution in [-0.4, -0.2) is 17.0 Å². The van der Waals surface area contributed by atoms with Crippen molar-refractivity contribution in [2.24, 2.45) is 5.92 Å². The zero-order valence-electron chi connectivity index (χ0n) is 10.8. The van der Waals surface area contributed by atoms with Crippen molar-refractivity contribution in [3.63, 3.8) is 0 Å². The predicted molar refractivity (Wildman–Crippen MR) is 70.5 cm³/mol.